The summed E-state index contributed by atoms with van der Waals surface area (Å²) in [6.07, 6.45) is 3.63. The van der Waals surface area contributed by atoms with Crippen molar-refractivity contribution in [2.75, 3.05) is 0 Å². The van der Waals surface area contributed by atoms with E-state index in [1.807, 2.05) is 49.4 Å². The molecule has 0 amide bonds. The summed E-state index contributed by atoms with van der Waals surface area (Å²) in [4.78, 5) is 0. The summed E-state index contributed by atoms with van der Waals surface area (Å²) in [5.41, 5.74) is 3.84. The lowest BCUT2D eigenvalue weighted by Crippen LogP contribution is -2.23. The Hall–Kier alpha value is -3.66. The number of aliphatic hydroxyl groups excluding tert-OH is 2. The highest BCUT2D eigenvalue weighted by Crippen LogP contribution is 2.65. The molecule has 40 heavy (non-hydrogen) atoms. The van der Waals surface area contributed by atoms with Crippen molar-refractivity contribution in [1.29, 1.82) is 0 Å². The molecule has 0 aliphatic carbocycles. The molecular formula is C32H28O6P2. The van der Waals surface area contributed by atoms with E-state index >= 15 is 0 Å². The molecule has 0 fully saturated rings. The van der Waals surface area contributed by atoms with Gasteiger partial charge in [0.05, 0.1) is 10.6 Å². The van der Waals surface area contributed by atoms with Crippen LogP contribution in [0.3, 0.4) is 0 Å². The van der Waals surface area contributed by atoms with Crippen molar-refractivity contribution in [2.24, 2.45) is 0 Å². The Morgan fingerprint density at radius 1 is 0.600 bits per heavy atom. The molecule has 0 radical (unpaired) electrons. The highest BCUT2D eigenvalue weighted by atomic mass is 31.2. The molecule has 4 aromatic rings. The summed E-state index contributed by atoms with van der Waals surface area (Å²) in [6.45, 7) is 3.68. The second-order valence-corrected chi connectivity index (χ2v) is 14.4. The average Bonchev–Trinajstić information content (AvgIpc) is 3.00. The summed E-state index contributed by atoms with van der Waals surface area (Å²) in [6, 6.07) is 28.0. The first kappa shape index (κ1) is 26.6. The maximum atomic E-state index is 14.3. The summed E-state index contributed by atoms with van der Waals surface area (Å²) in [5, 5.41) is 23.7. The lowest BCUT2D eigenvalue weighted by Gasteiger charge is -2.33. The van der Waals surface area contributed by atoms with E-state index in [4.69, 9.17) is 9.05 Å². The minimum Gasteiger partial charge on any atom is -0.438 e. The lowest BCUT2D eigenvalue weighted by atomic mass is 10.0. The molecule has 4 unspecified atom stereocenters. The van der Waals surface area contributed by atoms with Crippen LogP contribution >= 0.6 is 14.7 Å². The first-order valence-electron chi connectivity index (χ1n) is 13.0. The number of allylic oxidation sites excluding steroid dienone is 3. The van der Waals surface area contributed by atoms with Crippen LogP contribution in [0.2, 0.25) is 0 Å². The zero-order valence-corrected chi connectivity index (χ0v) is 23.8. The van der Waals surface area contributed by atoms with Crippen molar-refractivity contribution in [2.45, 2.75) is 25.5 Å². The van der Waals surface area contributed by atoms with E-state index < -0.39 is 26.4 Å². The number of hydrogen-bond donors (Lipinski definition) is 2. The number of aliphatic hydroxyl groups is 2. The Balaban J connectivity index is 1.35. The normalized spacial score (nSPS) is 24.7. The predicted molar refractivity (Wildman–Crippen MR) is 158 cm³/mol. The maximum absolute atomic E-state index is 14.3. The van der Waals surface area contributed by atoms with Crippen molar-refractivity contribution >= 4 is 30.9 Å². The van der Waals surface area contributed by atoms with Crippen LogP contribution in [-0.4, -0.2) is 10.2 Å². The molecule has 6 rings (SSSR count). The number of benzene rings is 4. The van der Waals surface area contributed by atoms with E-state index in [-0.39, 0.29) is 0 Å². The minimum atomic E-state index is -3.79. The fraction of sp³-hybridized carbons (Fsp3) is 0.125. The summed E-state index contributed by atoms with van der Waals surface area (Å²) < 4.78 is 40.6. The standard InChI is InChI=1S/C32H28O6P2/c1-3-23-25-12-6-9-15-29(25)39(35,37-27(23)4-2)31(33)21-17-19-22(20-18-21)32(34)40(36)30-16-10-7-13-26(30)24-11-5-8-14-28(24)38-40/h3-20,31-34H,1-2H3/b23-3-,27-4+. The van der Waals surface area contributed by atoms with Crippen LogP contribution in [0.15, 0.2) is 115 Å². The van der Waals surface area contributed by atoms with Gasteiger partial charge in [-0.15, -0.1) is 0 Å². The first-order valence-corrected chi connectivity index (χ1v) is 16.4. The third kappa shape index (κ3) is 4.03. The van der Waals surface area contributed by atoms with Gasteiger partial charge in [0, 0.05) is 11.1 Å². The van der Waals surface area contributed by atoms with Gasteiger partial charge in [-0.2, -0.15) is 0 Å². The van der Waals surface area contributed by atoms with Crippen LogP contribution in [0, 0.1) is 0 Å². The van der Waals surface area contributed by atoms with E-state index in [1.54, 1.807) is 73.7 Å². The van der Waals surface area contributed by atoms with Crippen molar-refractivity contribution in [3.8, 4) is 16.9 Å². The largest absolute Gasteiger partial charge is 0.438 e. The Labute approximate surface area is 233 Å². The number of para-hydroxylation sites is 1. The van der Waals surface area contributed by atoms with E-state index in [0.29, 0.717) is 33.2 Å². The fourth-order valence-corrected chi connectivity index (χ4v) is 10.0. The van der Waals surface area contributed by atoms with E-state index in [2.05, 4.69) is 0 Å². The number of rotatable bonds is 4. The molecule has 0 saturated heterocycles. The van der Waals surface area contributed by atoms with Gasteiger partial charge in [-0.1, -0.05) is 84.9 Å². The van der Waals surface area contributed by atoms with Gasteiger partial charge in [-0.3, -0.25) is 9.13 Å². The van der Waals surface area contributed by atoms with E-state index in [1.165, 1.54) is 0 Å². The van der Waals surface area contributed by atoms with Crippen LogP contribution in [-0.2, 0) is 13.7 Å². The van der Waals surface area contributed by atoms with Gasteiger partial charge in [-0.25, -0.2) is 0 Å². The van der Waals surface area contributed by atoms with E-state index in [0.717, 1.165) is 22.3 Å². The summed E-state index contributed by atoms with van der Waals surface area (Å²) in [7, 11) is -7.59. The second kappa shape index (κ2) is 10.1. The molecule has 0 bridgehead atoms. The maximum Gasteiger partial charge on any atom is 0.310 e. The molecule has 0 aromatic heterocycles. The summed E-state index contributed by atoms with van der Waals surface area (Å²) >= 11 is 0. The Bertz CT molecular complexity index is 1770. The molecule has 8 heteroatoms. The van der Waals surface area contributed by atoms with Gasteiger partial charge < -0.3 is 19.3 Å². The zero-order valence-electron chi connectivity index (χ0n) is 22.0. The SMILES string of the molecule is C/C=C1\C(=C/C)OP(=O)(C(O)c2ccc(C(O)P3(=O)Oc4ccccc4-c4ccccc43)cc2)c2ccccc21. The average molecular weight is 571 g/mol. The molecule has 2 aliphatic heterocycles. The number of fused-ring (bicyclic) bond motifs is 4. The van der Waals surface area contributed by atoms with Crippen molar-refractivity contribution < 1.29 is 28.4 Å². The van der Waals surface area contributed by atoms with Crippen LogP contribution in [0.5, 0.6) is 5.75 Å². The molecule has 6 nitrogen and oxygen atoms in total. The Kier molecular flexibility index (Phi) is 6.68. The lowest BCUT2D eigenvalue weighted by molar-refractivity contribution is 0.231. The van der Waals surface area contributed by atoms with Crippen molar-refractivity contribution in [3.05, 3.63) is 132 Å². The van der Waals surface area contributed by atoms with Gasteiger partial charge in [0.2, 0.25) is 0 Å². The van der Waals surface area contributed by atoms with Crippen LogP contribution in [0.4, 0.5) is 0 Å². The molecule has 0 spiro atoms. The quantitative estimate of drug-likeness (QED) is 0.251. The van der Waals surface area contributed by atoms with Gasteiger partial charge >= 0.3 is 14.7 Å². The third-order valence-corrected chi connectivity index (χ3v) is 12.4. The van der Waals surface area contributed by atoms with Gasteiger partial charge in [0.15, 0.2) is 11.7 Å². The highest BCUT2D eigenvalue weighted by molar-refractivity contribution is 7.68. The van der Waals surface area contributed by atoms with Crippen molar-refractivity contribution in [1.82, 2.24) is 0 Å². The van der Waals surface area contributed by atoms with E-state index in [9.17, 15) is 19.3 Å². The molecule has 4 aromatic carbocycles. The van der Waals surface area contributed by atoms with Gasteiger partial charge in [0.25, 0.3) is 0 Å². The molecule has 4 atom stereocenters. The molecule has 2 heterocycles. The molecular weight excluding hydrogens is 542 g/mol. The molecule has 2 aliphatic rings. The third-order valence-electron chi connectivity index (χ3n) is 7.41. The molecule has 2 N–H and O–H groups in total. The Morgan fingerprint density at radius 2 is 1.07 bits per heavy atom. The first-order chi connectivity index (χ1) is 19.3. The van der Waals surface area contributed by atoms with Crippen LogP contribution in [0.25, 0.3) is 16.7 Å². The second-order valence-electron chi connectivity index (χ2n) is 9.68. The zero-order chi connectivity index (χ0) is 28.1. The number of hydrogen-bond acceptors (Lipinski definition) is 6. The van der Waals surface area contributed by atoms with Crippen molar-refractivity contribution in [3.63, 3.8) is 0 Å². The Morgan fingerprint density at radius 3 is 1.65 bits per heavy atom. The minimum absolute atomic E-state index is 0.349. The summed E-state index contributed by atoms with van der Waals surface area (Å²) in [5.74, 6) is -2.02. The van der Waals surface area contributed by atoms with Gasteiger partial charge in [0.1, 0.15) is 11.5 Å². The van der Waals surface area contributed by atoms with Gasteiger partial charge in [-0.05, 0) is 60.4 Å². The van der Waals surface area contributed by atoms with Crippen LogP contribution < -0.4 is 15.1 Å². The molecule has 0 saturated carbocycles. The predicted octanol–water partition coefficient (Wildman–Crippen LogP) is 7.27. The fourth-order valence-electron chi connectivity index (χ4n) is 5.39. The highest BCUT2D eigenvalue weighted by Gasteiger charge is 2.45. The monoisotopic (exact) mass is 570 g/mol. The smallest absolute Gasteiger partial charge is 0.310 e. The molecule has 202 valence electrons. The van der Waals surface area contributed by atoms with Crippen LogP contribution in [0.1, 0.15) is 42.2 Å². The topological polar surface area (TPSA) is 93.1 Å².